The Hall–Kier alpha value is -3.15. The number of carbonyl (C=O) groups is 5. The number of hydrogen-bond donors (Lipinski definition) is 3. The predicted molar refractivity (Wildman–Crippen MR) is 127 cm³/mol. The zero-order valence-corrected chi connectivity index (χ0v) is 21.1. The van der Waals surface area contributed by atoms with E-state index in [0.29, 0.717) is 5.56 Å². The van der Waals surface area contributed by atoms with Crippen LogP contribution in [0.15, 0.2) is 12.1 Å². The minimum atomic E-state index is -2.98. The highest BCUT2D eigenvalue weighted by atomic mass is 16.3. The fourth-order valence-corrected chi connectivity index (χ4v) is 7.55. The summed E-state index contributed by atoms with van der Waals surface area (Å²) in [4.78, 5) is 67.6. The Balaban J connectivity index is 2.11. The molecule has 1 aromatic rings. The van der Waals surface area contributed by atoms with E-state index >= 15 is 0 Å². The van der Waals surface area contributed by atoms with Gasteiger partial charge in [0.05, 0.1) is 17.6 Å². The van der Waals surface area contributed by atoms with Gasteiger partial charge in [-0.05, 0) is 36.5 Å². The summed E-state index contributed by atoms with van der Waals surface area (Å²) < 4.78 is 0. The average Bonchev–Trinajstić information content (AvgIpc) is 2.79. The molecule has 3 aliphatic rings. The lowest BCUT2D eigenvalue weighted by Gasteiger charge is -2.65. The number of phenols is 1. The molecule has 2 fully saturated rings. The van der Waals surface area contributed by atoms with Gasteiger partial charge < -0.3 is 15.3 Å². The van der Waals surface area contributed by atoms with Gasteiger partial charge in [0.2, 0.25) is 0 Å². The number of Topliss-reactive ketones (excluding diaryl/α,β-unsaturated/α-hetero) is 5. The number of aliphatic hydroxyl groups is 2. The van der Waals surface area contributed by atoms with Crippen molar-refractivity contribution in [1.29, 1.82) is 0 Å². The number of terminal acetylenes is 1. The van der Waals surface area contributed by atoms with Crippen LogP contribution in [0.3, 0.4) is 0 Å². The molecule has 8 nitrogen and oxygen atoms in total. The van der Waals surface area contributed by atoms with Crippen molar-refractivity contribution in [3.63, 3.8) is 0 Å². The highest BCUT2D eigenvalue weighted by molar-refractivity contribution is 6.33. The Kier molecular flexibility index (Phi) is 5.53. The van der Waals surface area contributed by atoms with E-state index in [1.807, 2.05) is 0 Å². The van der Waals surface area contributed by atoms with Crippen molar-refractivity contribution >= 4 is 28.9 Å². The average molecular weight is 495 g/mol. The van der Waals surface area contributed by atoms with Crippen molar-refractivity contribution in [3.8, 4) is 18.1 Å². The molecule has 3 N–H and O–H groups in total. The van der Waals surface area contributed by atoms with Crippen LogP contribution < -0.4 is 0 Å². The molecule has 1 aromatic carbocycles. The number of hydrogen-bond acceptors (Lipinski definition) is 8. The molecule has 0 saturated heterocycles. The molecule has 0 aromatic heterocycles. The zero-order valence-electron chi connectivity index (χ0n) is 21.1. The Labute approximate surface area is 209 Å². The van der Waals surface area contributed by atoms with Crippen LogP contribution in [-0.4, -0.2) is 55.9 Å². The number of rotatable bonds is 2. The van der Waals surface area contributed by atoms with Gasteiger partial charge in [0.1, 0.15) is 17.5 Å². The number of fused-ring (bicyclic) bond motifs is 3. The first-order valence-electron chi connectivity index (χ1n) is 12.0. The maximum absolute atomic E-state index is 14.2. The van der Waals surface area contributed by atoms with E-state index in [1.54, 1.807) is 20.8 Å². The molecule has 3 unspecified atom stereocenters. The van der Waals surface area contributed by atoms with Gasteiger partial charge in [-0.15, -0.1) is 6.42 Å². The van der Waals surface area contributed by atoms with Crippen LogP contribution in [0.1, 0.15) is 68.9 Å². The molecule has 8 atom stereocenters. The Bertz CT molecular complexity index is 1300. The number of aliphatic hydroxyl groups excluding tert-OH is 1. The topological polar surface area (TPSA) is 146 Å². The van der Waals surface area contributed by atoms with Crippen LogP contribution in [0.25, 0.3) is 0 Å². The summed E-state index contributed by atoms with van der Waals surface area (Å²) in [7, 11) is 0. The van der Waals surface area contributed by atoms with Gasteiger partial charge in [0, 0.05) is 22.3 Å². The summed E-state index contributed by atoms with van der Waals surface area (Å²) in [6.07, 6.45) is 3.95. The SMILES string of the molecule is C#Cc1ccc(O)c2c1[C@@H](C)[C@@]1(C)C(C2=O)C(=O)[C@@]2(O)C(=O)C(C(C)=O)C(=O)C(C(C)C)[C@@]2(C)[C@@H]1O. The number of phenolic OH excluding ortho intramolecular Hbond substituents is 1. The first-order chi connectivity index (χ1) is 16.6. The van der Waals surface area contributed by atoms with Crippen LogP contribution in [0.4, 0.5) is 0 Å². The Morgan fingerprint density at radius 1 is 1.11 bits per heavy atom. The second-order valence-corrected chi connectivity index (χ2v) is 11.2. The molecule has 0 spiro atoms. The molecule has 0 amide bonds. The third-order valence-electron chi connectivity index (χ3n) is 9.36. The van der Waals surface area contributed by atoms with Crippen molar-refractivity contribution in [2.75, 3.05) is 0 Å². The van der Waals surface area contributed by atoms with E-state index in [-0.39, 0.29) is 11.1 Å². The quantitative estimate of drug-likeness (QED) is 0.415. The molecule has 2 saturated carbocycles. The van der Waals surface area contributed by atoms with Gasteiger partial charge in [0.15, 0.2) is 28.7 Å². The summed E-state index contributed by atoms with van der Waals surface area (Å²) >= 11 is 0. The number of carbonyl (C=O) groups excluding carboxylic acids is 5. The molecule has 0 bridgehead atoms. The number of ketones is 5. The second-order valence-electron chi connectivity index (χ2n) is 11.2. The molecule has 8 heteroatoms. The van der Waals surface area contributed by atoms with E-state index in [1.165, 1.54) is 26.0 Å². The third-order valence-corrected chi connectivity index (χ3v) is 9.36. The van der Waals surface area contributed by atoms with Gasteiger partial charge in [0.25, 0.3) is 0 Å². The molecule has 36 heavy (non-hydrogen) atoms. The van der Waals surface area contributed by atoms with Crippen LogP contribution in [0.5, 0.6) is 5.75 Å². The second kappa shape index (κ2) is 7.67. The fourth-order valence-electron chi connectivity index (χ4n) is 7.55. The summed E-state index contributed by atoms with van der Waals surface area (Å²) in [5.74, 6) is -9.14. The standard InChI is InChI=1S/C28H30O8/c1-8-14-9-10-15(30)18-16(14)12(4)26(6)20(22(18)32)24(34)28(36)23(33)17(13(5)29)21(31)19(11(2)3)27(28,7)25(26)35/h1,9-12,17,19-20,25,30,35-36H,2-7H3/t12-,17?,19?,20?,25-,26+,27+,28+/m1/s1. The lowest BCUT2D eigenvalue weighted by molar-refractivity contribution is -0.240. The van der Waals surface area contributed by atoms with Crippen molar-refractivity contribution < 1.29 is 39.3 Å². The summed E-state index contributed by atoms with van der Waals surface area (Å²) in [6.45, 7) is 8.78. The fraction of sp³-hybridized carbons (Fsp3) is 0.536. The molecule has 4 rings (SSSR count). The molecule has 0 radical (unpaired) electrons. The van der Waals surface area contributed by atoms with Crippen molar-refractivity contribution in [3.05, 3.63) is 28.8 Å². The van der Waals surface area contributed by atoms with Crippen molar-refractivity contribution in [1.82, 2.24) is 0 Å². The lowest BCUT2D eigenvalue weighted by Crippen LogP contribution is -2.82. The van der Waals surface area contributed by atoms with Crippen LogP contribution in [-0.2, 0) is 19.2 Å². The first kappa shape index (κ1) is 25.9. The molecule has 0 heterocycles. The molecular weight excluding hydrogens is 464 g/mol. The first-order valence-corrected chi connectivity index (χ1v) is 12.0. The number of benzene rings is 1. The summed E-state index contributed by atoms with van der Waals surface area (Å²) in [6, 6.07) is 2.69. The maximum atomic E-state index is 14.2. The van der Waals surface area contributed by atoms with Crippen LogP contribution >= 0.6 is 0 Å². The van der Waals surface area contributed by atoms with Gasteiger partial charge in [-0.2, -0.15) is 0 Å². The van der Waals surface area contributed by atoms with Crippen molar-refractivity contribution in [2.45, 2.75) is 59.2 Å². The molecule has 0 aliphatic heterocycles. The van der Waals surface area contributed by atoms with Crippen molar-refractivity contribution in [2.24, 2.45) is 34.5 Å². The predicted octanol–water partition coefficient (Wildman–Crippen LogP) is 1.61. The van der Waals surface area contributed by atoms with Crippen LogP contribution in [0, 0.1) is 46.8 Å². The van der Waals surface area contributed by atoms with Gasteiger partial charge in [-0.1, -0.05) is 40.5 Å². The molecular formula is C28H30O8. The van der Waals surface area contributed by atoms with Gasteiger partial charge in [-0.25, -0.2) is 0 Å². The van der Waals surface area contributed by atoms with Gasteiger partial charge >= 0.3 is 0 Å². The van der Waals surface area contributed by atoms with E-state index in [4.69, 9.17) is 6.42 Å². The monoisotopic (exact) mass is 494 g/mol. The third kappa shape index (κ3) is 2.60. The summed E-state index contributed by atoms with van der Waals surface area (Å²) in [5.41, 5.74) is -6.25. The number of aromatic hydroxyl groups is 1. The normalized spacial score (nSPS) is 39.8. The Morgan fingerprint density at radius 3 is 2.19 bits per heavy atom. The Morgan fingerprint density at radius 2 is 1.69 bits per heavy atom. The van der Waals surface area contributed by atoms with Gasteiger partial charge in [-0.3, -0.25) is 24.0 Å². The highest BCUT2D eigenvalue weighted by Crippen LogP contribution is 2.66. The lowest BCUT2D eigenvalue weighted by atomic mass is 9.37. The highest BCUT2D eigenvalue weighted by Gasteiger charge is 2.80. The minimum absolute atomic E-state index is 0.198. The maximum Gasteiger partial charge on any atom is 0.191 e. The summed E-state index contributed by atoms with van der Waals surface area (Å²) in [5, 5.41) is 34.6. The van der Waals surface area contributed by atoms with E-state index in [0.717, 1.165) is 6.92 Å². The molecule has 3 aliphatic carbocycles. The van der Waals surface area contributed by atoms with Crippen LogP contribution in [0.2, 0.25) is 0 Å². The largest absolute Gasteiger partial charge is 0.507 e. The van der Waals surface area contributed by atoms with E-state index in [9.17, 15) is 39.3 Å². The van der Waals surface area contributed by atoms with E-state index in [2.05, 4.69) is 5.92 Å². The smallest absolute Gasteiger partial charge is 0.191 e. The molecule has 190 valence electrons. The van der Waals surface area contributed by atoms with E-state index < -0.39 is 86.8 Å². The zero-order chi connectivity index (χ0) is 27.3. The minimum Gasteiger partial charge on any atom is -0.507 e.